The van der Waals surface area contributed by atoms with Crippen LogP contribution in [0.4, 0.5) is 5.69 Å². The van der Waals surface area contributed by atoms with E-state index in [4.69, 9.17) is 10.3 Å². The van der Waals surface area contributed by atoms with Crippen molar-refractivity contribution in [3.8, 4) is 22.8 Å². The summed E-state index contributed by atoms with van der Waals surface area (Å²) in [5.74, 6) is 0.976. The molecule has 84 valence electrons. The van der Waals surface area contributed by atoms with Gasteiger partial charge in [0.05, 0.1) is 17.4 Å². The SMILES string of the molecule is Nc1cnccc1-c1nc(-c2ccsc2)no1. The van der Waals surface area contributed by atoms with Crippen LogP contribution in [-0.2, 0) is 0 Å². The molecule has 5 nitrogen and oxygen atoms in total. The molecule has 0 bridgehead atoms. The lowest BCUT2D eigenvalue weighted by Crippen LogP contribution is -1.90. The number of hydrogen-bond donors (Lipinski definition) is 1. The van der Waals surface area contributed by atoms with Gasteiger partial charge in [-0.2, -0.15) is 16.3 Å². The van der Waals surface area contributed by atoms with Crippen LogP contribution in [0.15, 0.2) is 39.8 Å². The summed E-state index contributed by atoms with van der Waals surface area (Å²) in [5, 5.41) is 7.85. The molecular formula is C11H8N4OS. The summed E-state index contributed by atoms with van der Waals surface area (Å²) >= 11 is 1.59. The highest BCUT2D eigenvalue weighted by Gasteiger charge is 2.12. The molecule has 6 heteroatoms. The van der Waals surface area contributed by atoms with Gasteiger partial charge >= 0.3 is 0 Å². The maximum atomic E-state index is 5.79. The Morgan fingerprint density at radius 3 is 3.00 bits per heavy atom. The molecule has 0 saturated heterocycles. The van der Waals surface area contributed by atoms with Crippen molar-refractivity contribution in [2.45, 2.75) is 0 Å². The second-order valence-corrected chi connectivity index (χ2v) is 4.18. The smallest absolute Gasteiger partial charge is 0.260 e. The fourth-order valence-electron chi connectivity index (χ4n) is 1.44. The number of nitrogens with zero attached hydrogens (tertiary/aromatic N) is 3. The highest BCUT2D eigenvalue weighted by molar-refractivity contribution is 7.08. The Bertz CT molecular complexity index is 632. The van der Waals surface area contributed by atoms with Gasteiger partial charge in [-0.3, -0.25) is 4.98 Å². The summed E-state index contributed by atoms with van der Waals surface area (Å²) in [6, 6.07) is 3.69. The molecule has 17 heavy (non-hydrogen) atoms. The van der Waals surface area contributed by atoms with E-state index >= 15 is 0 Å². The zero-order valence-electron chi connectivity index (χ0n) is 8.70. The molecule has 3 aromatic heterocycles. The minimum Gasteiger partial charge on any atom is -0.397 e. The number of hydrogen-bond acceptors (Lipinski definition) is 6. The van der Waals surface area contributed by atoms with Crippen molar-refractivity contribution in [2.75, 3.05) is 5.73 Å². The molecule has 0 aliphatic rings. The summed E-state index contributed by atoms with van der Waals surface area (Å²) in [6.07, 6.45) is 3.20. The molecule has 3 aromatic rings. The molecular weight excluding hydrogens is 236 g/mol. The van der Waals surface area contributed by atoms with Gasteiger partial charge in [0.2, 0.25) is 5.82 Å². The lowest BCUT2D eigenvalue weighted by molar-refractivity contribution is 0.432. The quantitative estimate of drug-likeness (QED) is 0.749. The second-order valence-electron chi connectivity index (χ2n) is 3.40. The highest BCUT2D eigenvalue weighted by Crippen LogP contribution is 2.26. The van der Waals surface area contributed by atoms with Gasteiger partial charge in [0.15, 0.2) is 0 Å². The predicted molar refractivity (Wildman–Crippen MR) is 65.3 cm³/mol. The Morgan fingerprint density at radius 2 is 2.24 bits per heavy atom. The number of rotatable bonds is 2. The van der Waals surface area contributed by atoms with E-state index in [1.54, 1.807) is 29.8 Å². The first-order chi connectivity index (χ1) is 8.34. The molecule has 3 rings (SSSR count). The zero-order valence-corrected chi connectivity index (χ0v) is 9.52. The van der Waals surface area contributed by atoms with Crippen molar-refractivity contribution in [3.63, 3.8) is 0 Å². The third-order valence-corrected chi connectivity index (χ3v) is 2.97. The van der Waals surface area contributed by atoms with Gasteiger partial charge in [-0.15, -0.1) is 0 Å². The lowest BCUT2D eigenvalue weighted by Gasteiger charge is -1.96. The molecule has 0 amide bonds. The summed E-state index contributed by atoms with van der Waals surface area (Å²) in [4.78, 5) is 8.22. The number of nitrogens with two attached hydrogens (primary N) is 1. The maximum absolute atomic E-state index is 5.79. The Hall–Kier alpha value is -2.21. The summed E-state index contributed by atoms with van der Waals surface area (Å²) in [6.45, 7) is 0. The standard InChI is InChI=1S/C11H8N4OS/c12-9-5-13-3-1-8(9)11-14-10(15-16-11)7-2-4-17-6-7/h1-6H,12H2. The number of nitrogen functional groups attached to an aromatic ring is 1. The van der Waals surface area contributed by atoms with Gasteiger partial charge in [0, 0.05) is 17.1 Å². The molecule has 0 atom stereocenters. The molecule has 0 aromatic carbocycles. The van der Waals surface area contributed by atoms with Crippen molar-refractivity contribution in [1.29, 1.82) is 0 Å². The van der Waals surface area contributed by atoms with E-state index in [2.05, 4.69) is 15.1 Å². The summed E-state index contributed by atoms with van der Waals surface area (Å²) in [5.41, 5.74) is 7.96. The Balaban J connectivity index is 2.04. The molecule has 0 aliphatic heterocycles. The Labute approximate surface area is 101 Å². The first-order valence-electron chi connectivity index (χ1n) is 4.91. The van der Waals surface area contributed by atoms with Gasteiger partial charge in [-0.05, 0) is 17.5 Å². The van der Waals surface area contributed by atoms with Crippen molar-refractivity contribution >= 4 is 17.0 Å². The minimum absolute atomic E-state index is 0.408. The monoisotopic (exact) mass is 244 g/mol. The van der Waals surface area contributed by atoms with Crippen LogP contribution in [0.25, 0.3) is 22.8 Å². The maximum Gasteiger partial charge on any atom is 0.260 e. The van der Waals surface area contributed by atoms with E-state index in [1.165, 1.54) is 0 Å². The first kappa shape index (κ1) is 9.98. The second kappa shape index (κ2) is 3.99. The Kier molecular flexibility index (Phi) is 2.34. The van der Waals surface area contributed by atoms with Crippen LogP contribution in [-0.4, -0.2) is 15.1 Å². The average Bonchev–Trinajstić information content (AvgIpc) is 3.00. The van der Waals surface area contributed by atoms with Gasteiger partial charge in [0.25, 0.3) is 5.89 Å². The summed E-state index contributed by atoms with van der Waals surface area (Å²) in [7, 11) is 0. The van der Waals surface area contributed by atoms with Crippen molar-refractivity contribution < 1.29 is 4.52 Å². The van der Waals surface area contributed by atoms with Crippen molar-refractivity contribution in [2.24, 2.45) is 0 Å². The van der Waals surface area contributed by atoms with Gasteiger partial charge in [-0.1, -0.05) is 5.16 Å². The predicted octanol–water partition coefficient (Wildman–Crippen LogP) is 2.44. The van der Waals surface area contributed by atoms with Crippen LogP contribution in [0.1, 0.15) is 0 Å². The fourth-order valence-corrected chi connectivity index (χ4v) is 2.08. The van der Waals surface area contributed by atoms with E-state index in [-0.39, 0.29) is 0 Å². The molecule has 3 heterocycles. The first-order valence-corrected chi connectivity index (χ1v) is 5.85. The van der Waals surface area contributed by atoms with Gasteiger partial charge in [0.1, 0.15) is 0 Å². The van der Waals surface area contributed by atoms with E-state index in [0.29, 0.717) is 23.0 Å². The zero-order chi connectivity index (χ0) is 11.7. The van der Waals surface area contributed by atoms with E-state index in [0.717, 1.165) is 5.56 Å². The third kappa shape index (κ3) is 1.78. The van der Waals surface area contributed by atoms with E-state index in [9.17, 15) is 0 Å². The van der Waals surface area contributed by atoms with Gasteiger partial charge in [-0.25, -0.2) is 0 Å². The number of thiophene rings is 1. The molecule has 0 saturated carbocycles. The van der Waals surface area contributed by atoms with Crippen molar-refractivity contribution in [1.82, 2.24) is 15.1 Å². The molecule has 0 fully saturated rings. The van der Waals surface area contributed by atoms with E-state index < -0.39 is 0 Å². The average molecular weight is 244 g/mol. The highest BCUT2D eigenvalue weighted by atomic mass is 32.1. The van der Waals surface area contributed by atoms with Crippen LogP contribution >= 0.6 is 11.3 Å². The van der Waals surface area contributed by atoms with Crippen molar-refractivity contribution in [3.05, 3.63) is 35.3 Å². The molecule has 0 radical (unpaired) electrons. The van der Waals surface area contributed by atoms with Crippen LogP contribution in [0.5, 0.6) is 0 Å². The fraction of sp³-hybridized carbons (Fsp3) is 0. The molecule has 0 spiro atoms. The van der Waals surface area contributed by atoms with Crippen LogP contribution in [0.2, 0.25) is 0 Å². The Morgan fingerprint density at radius 1 is 1.29 bits per heavy atom. The lowest BCUT2D eigenvalue weighted by atomic mass is 10.2. The number of pyridine rings is 1. The third-order valence-electron chi connectivity index (χ3n) is 2.29. The minimum atomic E-state index is 0.408. The van der Waals surface area contributed by atoms with Gasteiger partial charge < -0.3 is 10.3 Å². The van der Waals surface area contributed by atoms with Crippen LogP contribution < -0.4 is 5.73 Å². The van der Waals surface area contributed by atoms with Crippen LogP contribution in [0, 0.1) is 0 Å². The number of aromatic nitrogens is 3. The molecule has 2 N–H and O–H groups in total. The van der Waals surface area contributed by atoms with E-state index in [1.807, 2.05) is 16.8 Å². The number of anilines is 1. The molecule has 0 aliphatic carbocycles. The summed E-state index contributed by atoms with van der Waals surface area (Å²) < 4.78 is 5.19. The normalized spacial score (nSPS) is 10.6. The molecule has 0 unspecified atom stereocenters. The topological polar surface area (TPSA) is 77.8 Å². The van der Waals surface area contributed by atoms with Crippen LogP contribution in [0.3, 0.4) is 0 Å². The largest absolute Gasteiger partial charge is 0.397 e.